The first-order valence-corrected chi connectivity index (χ1v) is 11.2. The molecule has 182 valence electrons. The average Bonchev–Trinajstić information content (AvgIpc) is 2.85. The minimum atomic E-state index is -4.66. The number of benzene rings is 3. The Bertz CT molecular complexity index is 1240. The summed E-state index contributed by atoms with van der Waals surface area (Å²) in [7, 11) is 0. The van der Waals surface area contributed by atoms with Gasteiger partial charge < -0.3 is 10.4 Å². The molecular weight excluding hydrogens is 462 g/mol. The topological polar surface area (TPSA) is 66.4 Å². The van der Waals surface area contributed by atoms with E-state index in [1.165, 1.54) is 6.07 Å². The van der Waals surface area contributed by atoms with E-state index in [2.05, 4.69) is 5.32 Å². The summed E-state index contributed by atoms with van der Waals surface area (Å²) >= 11 is 0. The van der Waals surface area contributed by atoms with Crippen LogP contribution >= 0.6 is 0 Å². The maximum atomic E-state index is 14.1. The van der Waals surface area contributed by atoms with Gasteiger partial charge in [0, 0.05) is 5.92 Å². The fourth-order valence-corrected chi connectivity index (χ4v) is 4.53. The molecule has 1 fully saturated rings. The van der Waals surface area contributed by atoms with Gasteiger partial charge in [-0.3, -0.25) is 9.59 Å². The van der Waals surface area contributed by atoms with Crippen molar-refractivity contribution in [1.29, 1.82) is 0 Å². The van der Waals surface area contributed by atoms with Crippen LogP contribution < -0.4 is 5.32 Å². The Morgan fingerprint density at radius 3 is 2.34 bits per heavy atom. The summed E-state index contributed by atoms with van der Waals surface area (Å²) in [5, 5.41) is 12.1. The molecule has 1 saturated carbocycles. The molecule has 0 aromatic heterocycles. The summed E-state index contributed by atoms with van der Waals surface area (Å²) in [6.45, 7) is 0. The zero-order chi connectivity index (χ0) is 25.2. The molecule has 2 unspecified atom stereocenters. The number of rotatable bonds is 5. The van der Waals surface area contributed by atoms with Crippen molar-refractivity contribution in [3.05, 3.63) is 83.2 Å². The second-order valence-corrected chi connectivity index (χ2v) is 8.76. The van der Waals surface area contributed by atoms with E-state index in [0.29, 0.717) is 25.2 Å². The van der Waals surface area contributed by atoms with Crippen LogP contribution in [0.2, 0.25) is 0 Å². The van der Waals surface area contributed by atoms with Crippen molar-refractivity contribution in [1.82, 2.24) is 0 Å². The van der Waals surface area contributed by atoms with Crippen LogP contribution in [0.4, 0.5) is 23.2 Å². The number of halogens is 4. The van der Waals surface area contributed by atoms with Crippen LogP contribution in [0, 0.1) is 11.7 Å². The van der Waals surface area contributed by atoms with E-state index in [4.69, 9.17) is 0 Å². The first-order chi connectivity index (χ1) is 16.7. The van der Waals surface area contributed by atoms with Crippen molar-refractivity contribution in [3.8, 4) is 16.9 Å². The molecule has 2 atom stereocenters. The Hall–Kier alpha value is -3.68. The zero-order valence-electron chi connectivity index (χ0n) is 18.6. The van der Waals surface area contributed by atoms with Gasteiger partial charge in [0.05, 0.1) is 16.8 Å². The van der Waals surface area contributed by atoms with Crippen LogP contribution in [0.5, 0.6) is 5.75 Å². The minimum absolute atomic E-state index is 0.0805. The predicted octanol–water partition coefficient (Wildman–Crippen LogP) is 6.94. The molecule has 3 aromatic rings. The molecule has 0 spiro atoms. The number of phenols is 1. The number of phenolic OH excluding ortho intramolecular Hbond substituents is 1. The molecule has 0 heterocycles. The monoisotopic (exact) mass is 485 g/mol. The third-order valence-corrected chi connectivity index (χ3v) is 6.47. The van der Waals surface area contributed by atoms with Crippen molar-refractivity contribution in [2.75, 3.05) is 5.32 Å². The highest BCUT2D eigenvalue weighted by Gasteiger charge is 2.32. The molecule has 4 rings (SSSR count). The van der Waals surface area contributed by atoms with Gasteiger partial charge in [-0.2, -0.15) is 13.2 Å². The molecule has 1 aliphatic rings. The van der Waals surface area contributed by atoms with E-state index in [9.17, 15) is 32.3 Å². The first-order valence-electron chi connectivity index (χ1n) is 11.2. The molecule has 1 amide bonds. The lowest BCUT2D eigenvalue weighted by Crippen LogP contribution is -2.28. The van der Waals surface area contributed by atoms with E-state index in [1.54, 1.807) is 12.1 Å². The molecule has 0 aliphatic heterocycles. The summed E-state index contributed by atoms with van der Waals surface area (Å²) in [6, 6.07) is 14.6. The third-order valence-electron chi connectivity index (χ3n) is 6.47. The van der Waals surface area contributed by atoms with Gasteiger partial charge in [-0.25, -0.2) is 4.39 Å². The second-order valence-electron chi connectivity index (χ2n) is 8.76. The van der Waals surface area contributed by atoms with E-state index < -0.39 is 23.5 Å². The number of anilines is 1. The lowest BCUT2D eigenvalue weighted by Gasteiger charge is -2.29. The summed E-state index contributed by atoms with van der Waals surface area (Å²) in [5.74, 6) is -1.89. The zero-order valence-corrected chi connectivity index (χ0v) is 18.6. The summed E-state index contributed by atoms with van der Waals surface area (Å²) < 4.78 is 52.4. The van der Waals surface area contributed by atoms with Gasteiger partial charge in [0.1, 0.15) is 11.6 Å². The van der Waals surface area contributed by atoms with Gasteiger partial charge in [-0.15, -0.1) is 0 Å². The van der Waals surface area contributed by atoms with Crippen LogP contribution in [0.1, 0.15) is 53.1 Å². The fourth-order valence-electron chi connectivity index (χ4n) is 4.53. The second kappa shape index (κ2) is 9.90. The molecular formula is C27H23F4NO3. The smallest absolute Gasteiger partial charge is 0.416 e. The van der Waals surface area contributed by atoms with Gasteiger partial charge in [0.2, 0.25) is 5.91 Å². The molecule has 35 heavy (non-hydrogen) atoms. The van der Waals surface area contributed by atoms with Crippen LogP contribution in [0.3, 0.4) is 0 Å². The minimum Gasteiger partial charge on any atom is -0.507 e. The quantitative estimate of drug-likeness (QED) is 0.304. The lowest BCUT2D eigenvalue weighted by molar-refractivity contribution is -0.137. The SMILES string of the molecule is O=Cc1cc(-c2ccc(C3CCCC(C(=O)Nc4ccc(C(F)(F)F)cc4F)C3)cc2)ccc1O. The van der Waals surface area contributed by atoms with E-state index >= 15 is 0 Å². The normalized spacial score (nSPS) is 18.2. The molecule has 3 aromatic carbocycles. The van der Waals surface area contributed by atoms with Crippen molar-refractivity contribution >= 4 is 17.9 Å². The van der Waals surface area contributed by atoms with Crippen molar-refractivity contribution < 1.29 is 32.3 Å². The Balaban J connectivity index is 1.43. The maximum absolute atomic E-state index is 14.1. The fraction of sp³-hybridized carbons (Fsp3) is 0.259. The number of hydrogen-bond acceptors (Lipinski definition) is 3. The Morgan fingerprint density at radius 2 is 1.69 bits per heavy atom. The van der Waals surface area contributed by atoms with Crippen molar-refractivity contribution in [2.24, 2.45) is 5.92 Å². The molecule has 8 heteroatoms. The number of hydrogen-bond donors (Lipinski definition) is 2. The Morgan fingerprint density at radius 1 is 0.971 bits per heavy atom. The number of aldehydes is 1. The highest BCUT2D eigenvalue weighted by Crippen LogP contribution is 2.38. The van der Waals surface area contributed by atoms with Crippen molar-refractivity contribution in [3.63, 3.8) is 0 Å². The summed E-state index contributed by atoms with van der Waals surface area (Å²) in [5.41, 5.74) is 1.54. The van der Waals surface area contributed by atoms with Gasteiger partial charge in [-0.1, -0.05) is 36.8 Å². The summed E-state index contributed by atoms with van der Waals surface area (Å²) in [4.78, 5) is 23.8. The van der Waals surface area contributed by atoms with E-state index in [0.717, 1.165) is 41.7 Å². The Labute approximate surface area is 199 Å². The standard InChI is InChI=1S/C27H23F4NO3/c28-23-14-22(27(29,30)31)9-10-24(23)32-26(35)20-3-1-2-18(12-20)16-4-6-17(7-5-16)19-8-11-25(34)21(13-19)15-33/h4-11,13-15,18,20,34H,1-3,12H2,(H,32,35). The molecule has 0 bridgehead atoms. The average molecular weight is 485 g/mol. The number of nitrogens with one attached hydrogen (secondary N) is 1. The maximum Gasteiger partial charge on any atom is 0.416 e. The summed E-state index contributed by atoms with van der Waals surface area (Å²) in [6.07, 6.45) is -1.23. The molecule has 0 radical (unpaired) electrons. The molecule has 4 nitrogen and oxygen atoms in total. The van der Waals surface area contributed by atoms with Crippen LogP contribution in [0.15, 0.2) is 60.7 Å². The first kappa shape index (κ1) is 24.4. The molecule has 2 N–H and O–H groups in total. The number of carbonyl (C=O) groups excluding carboxylic acids is 2. The van der Waals surface area contributed by atoms with Gasteiger partial charge in [0.25, 0.3) is 0 Å². The van der Waals surface area contributed by atoms with Crippen LogP contribution in [-0.2, 0) is 11.0 Å². The number of alkyl halides is 3. The van der Waals surface area contributed by atoms with E-state index in [1.807, 2.05) is 24.3 Å². The highest BCUT2D eigenvalue weighted by atomic mass is 19.4. The van der Waals surface area contributed by atoms with Crippen LogP contribution in [-0.4, -0.2) is 17.3 Å². The molecule has 1 aliphatic carbocycles. The van der Waals surface area contributed by atoms with Gasteiger partial charge in [-0.05, 0) is 72.2 Å². The predicted molar refractivity (Wildman–Crippen MR) is 124 cm³/mol. The van der Waals surface area contributed by atoms with Crippen LogP contribution in [0.25, 0.3) is 11.1 Å². The van der Waals surface area contributed by atoms with Crippen molar-refractivity contribution in [2.45, 2.75) is 37.8 Å². The Kier molecular flexibility index (Phi) is 6.91. The molecule has 0 saturated heterocycles. The van der Waals surface area contributed by atoms with Gasteiger partial charge >= 0.3 is 6.18 Å². The van der Waals surface area contributed by atoms with E-state index in [-0.39, 0.29) is 28.8 Å². The number of aromatic hydroxyl groups is 1. The largest absolute Gasteiger partial charge is 0.507 e. The lowest BCUT2D eigenvalue weighted by atomic mass is 9.77. The number of amides is 1. The van der Waals surface area contributed by atoms with Gasteiger partial charge in [0.15, 0.2) is 6.29 Å². The third kappa shape index (κ3) is 5.53. The highest BCUT2D eigenvalue weighted by molar-refractivity contribution is 5.92. The number of carbonyl (C=O) groups is 2.